The summed E-state index contributed by atoms with van der Waals surface area (Å²) < 4.78 is 0. The van der Waals surface area contributed by atoms with Crippen LogP contribution in [0.4, 0.5) is 0 Å². The quantitative estimate of drug-likeness (QED) is 0.158. The maximum Gasteiger partial charge on any atom is 0.131 e. The van der Waals surface area contributed by atoms with E-state index in [0.717, 1.165) is 62.5 Å². The molecule has 3 aliphatic rings. The first-order valence-electron chi connectivity index (χ1n) is 20.5. The lowest BCUT2D eigenvalue weighted by molar-refractivity contribution is 0.409. The van der Waals surface area contributed by atoms with E-state index in [1.54, 1.807) is 0 Å². The average Bonchev–Trinajstić information content (AvgIpc) is 3.54. The van der Waals surface area contributed by atoms with Gasteiger partial charge in [0, 0.05) is 34.0 Å². The van der Waals surface area contributed by atoms with Gasteiger partial charge in [-0.15, -0.1) is 0 Å². The van der Waals surface area contributed by atoms with Gasteiger partial charge < -0.3 is 10.6 Å². The van der Waals surface area contributed by atoms with E-state index in [9.17, 15) is 0 Å². The number of para-hydroxylation sites is 1. The molecule has 59 heavy (non-hydrogen) atoms. The Morgan fingerprint density at radius 1 is 0.559 bits per heavy atom. The molecule has 11 rings (SSSR count). The van der Waals surface area contributed by atoms with E-state index in [2.05, 4.69) is 200 Å². The molecule has 5 heteroatoms. The number of amidine groups is 1. The van der Waals surface area contributed by atoms with E-state index in [0.29, 0.717) is 0 Å². The van der Waals surface area contributed by atoms with Crippen LogP contribution in [0.5, 0.6) is 0 Å². The van der Waals surface area contributed by atoms with Crippen LogP contribution in [0.15, 0.2) is 181 Å². The predicted molar refractivity (Wildman–Crippen MR) is 243 cm³/mol. The summed E-state index contributed by atoms with van der Waals surface area (Å²) in [5.41, 5.74) is 18.8. The number of benzene rings is 7. The monoisotopic (exact) mass is 761 g/mol. The summed E-state index contributed by atoms with van der Waals surface area (Å²) in [5.74, 6) is 0.867. The van der Waals surface area contributed by atoms with Crippen LogP contribution in [-0.2, 0) is 12.0 Å². The summed E-state index contributed by atoms with van der Waals surface area (Å²) in [7, 11) is 0. The van der Waals surface area contributed by atoms with E-state index in [4.69, 9.17) is 9.98 Å². The SMILES string of the molecule is CC1(C)c2ccccc2-c2cc(-c3cc(-c4ccc(-c5nc6ccccc6c6c5CNC=C6)cc4)cc(C4N=C(c5ccccc5)NC(c5ccccc5)N4)c3)ccc21. The van der Waals surface area contributed by atoms with Crippen molar-refractivity contribution in [3.8, 4) is 44.6 Å². The van der Waals surface area contributed by atoms with E-state index >= 15 is 0 Å². The van der Waals surface area contributed by atoms with Crippen LogP contribution in [0.3, 0.4) is 0 Å². The summed E-state index contributed by atoms with van der Waals surface area (Å²) in [6.45, 7) is 5.42. The number of fused-ring (bicyclic) bond motifs is 6. The number of pyridine rings is 1. The van der Waals surface area contributed by atoms with E-state index in [-0.39, 0.29) is 17.7 Å². The van der Waals surface area contributed by atoms with Crippen molar-refractivity contribution >= 4 is 22.8 Å². The number of hydrogen-bond acceptors (Lipinski definition) is 5. The highest BCUT2D eigenvalue weighted by Gasteiger charge is 2.35. The Labute approximate surface area is 345 Å². The molecule has 0 amide bonds. The minimum Gasteiger partial charge on any atom is -0.387 e. The van der Waals surface area contributed by atoms with Crippen LogP contribution in [0.2, 0.25) is 0 Å². The second kappa shape index (κ2) is 14.1. The van der Waals surface area contributed by atoms with Gasteiger partial charge in [0.15, 0.2) is 0 Å². The molecule has 2 atom stereocenters. The molecule has 3 N–H and O–H groups in total. The molecule has 0 radical (unpaired) electrons. The molecule has 1 aliphatic carbocycles. The molecule has 0 saturated heterocycles. The van der Waals surface area contributed by atoms with Crippen molar-refractivity contribution in [3.63, 3.8) is 0 Å². The van der Waals surface area contributed by atoms with E-state index in [1.165, 1.54) is 44.3 Å². The number of nitrogens with zero attached hydrogens (tertiary/aromatic N) is 2. The van der Waals surface area contributed by atoms with Gasteiger partial charge in [0.2, 0.25) is 0 Å². The first-order chi connectivity index (χ1) is 29.0. The molecule has 5 nitrogen and oxygen atoms in total. The number of aromatic nitrogens is 1. The van der Waals surface area contributed by atoms with Crippen molar-refractivity contribution in [2.24, 2.45) is 4.99 Å². The highest BCUT2D eigenvalue weighted by atomic mass is 15.3. The van der Waals surface area contributed by atoms with Gasteiger partial charge in [0.1, 0.15) is 18.2 Å². The Bertz CT molecular complexity index is 2960. The molecule has 2 unspecified atom stereocenters. The molecule has 0 bridgehead atoms. The van der Waals surface area contributed by atoms with Gasteiger partial charge in [-0.3, -0.25) is 5.32 Å². The Hall–Kier alpha value is -7.08. The number of aliphatic imine (C=N–C) groups is 1. The zero-order valence-electron chi connectivity index (χ0n) is 33.1. The van der Waals surface area contributed by atoms with Gasteiger partial charge in [-0.2, -0.15) is 0 Å². The van der Waals surface area contributed by atoms with Crippen molar-refractivity contribution in [1.82, 2.24) is 20.9 Å². The Kier molecular flexibility index (Phi) is 8.38. The van der Waals surface area contributed by atoms with Crippen LogP contribution in [0.1, 0.15) is 65.1 Å². The Morgan fingerprint density at radius 3 is 2.07 bits per heavy atom. The van der Waals surface area contributed by atoms with Crippen molar-refractivity contribution < 1.29 is 0 Å². The molecule has 0 fully saturated rings. The first kappa shape index (κ1) is 35.1. The standard InChI is InChI=1S/C54H43N5/c1-54(2)47-19-11-9-17-43(47)45-32-38(25-26-48(45)54)40-29-39(34-21-23-35(24-22-34)50-46-33-55-28-27-42(46)44-18-10-12-20-49(44)56-50)30-41(31-40)53-58-51(36-13-5-3-6-14-36)57-52(59-53)37-15-7-4-8-16-37/h3-32,51,53,55,58H,33H2,1-2H3,(H,57,59). The van der Waals surface area contributed by atoms with Crippen molar-refractivity contribution in [2.45, 2.75) is 38.1 Å². The minimum absolute atomic E-state index is 0.0568. The van der Waals surface area contributed by atoms with Gasteiger partial charge >= 0.3 is 0 Å². The lowest BCUT2D eigenvalue weighted by Gasteiger charge is -2.32. The number of rotatable bonds is 6. The zero-order valence-corrected chi connectivity index (χ0v) is 33.1. The maximum absolute atomic E-state index is 5.37. The molecule has 8 aromatic rings. The maximum atomic E-state index is 5.37. The topological polar surface area (TPSA) is 61.3 Å². The van der Waals surface area contributed by atoms with Crippen molar-refractivity contribution in [1.29, 1.82) is 0 Å². The number of hydrogen-bond donors (Lipinski definition) is 3. The average molecular weight is 762 g/mol. The fraction of sp³-hybridized carbons (Fsp3) is 0.111. The second-order valence-corrected chi connectivity index (χ2v) is 16.3. The van der Waals surface area contributed by atoms with Crippen molar-refractivity contribution in [2.75, 3.05) is 0 Å². The summed E-state index contributed by atoms with van der Waals surface area (Å²) in [5, 5.41) is 12.2. The molecule has 1 aromatic heterocycles. The fourth-order valence-corrected chi connectivity index (χ4v) is 9.34. The Balaban J connectivity index is 1.05. The van der Waals surface area contributed by atoms with Crippen LogP contribution in [0.25, 0.3) is 61.6 Å². The van der Waals surface area contributed by atoms with Crippen molar-refractivity contribution in [3.05, 3.63) is 215 Å². The van der Waals surface area contributed by atoms with Gasteiger partial charge in [0.25, 0.3) is 0 Å². The van der Waals surface area contributed by atoms with Crippen LogP contribution < -0.4 is 16.0 Å². The highest BCUT2D eigenvalue weighted by molar-refractivity contribution is 5.99. The molecular weight excluding hydrogens is 719 g/mol. The van der Waals surface area contributed by atoms with Gasteiger partial charge in [-0.25, -0.2) is 9.98 Å². The predicted octanol–water partition coefficient (Wildman–Crippen LogP) is 12.0. The summed E-state index contributed by atoms with van der Waals surface area (Å²) in [6.07, 6.45) is 3.77. The summed E-state index contributed by atoms with van der Waals surface area (Å²) in [6, 6.07) is 61.3. The third-order valence-electron chi connectivity index (χ3n) is 12.4. The zero-order chi connectivity index (χ0) is 39.5. The Morgan fingerprint density at radius 2 is 1.24 bits per heavy atom. The molecule has 7 aromatic carbocycles. The molecule has 0 spiro atoms. The highest BCUT2D eigenvalue weighted by Crippen LogP contribution is 2.50. The van der Waals surface area contributed by atoms with Gasteiger partial charge in [-0.05, 0) is 104 Å². The van der Waals surface area contributed by atoms with Crippen LogP contribution in [0, 0.1) is 0 Å². The van der Waals surface area contributed by atoms with Gasteiger partial charge in [-0.1, -0.05) is 153 Å². The molecule has 2 aliphatic heterocycles. The molecule has 0 saturated carbocycles. The summed E-state index contributed by atoms with van der Waals surface area (Å²) in [4.78, 5) is 10.6. The van der Waals surface area contributed by atoms with Gasteiger partial charge in [0.05, 0.1) is 11.2 Å². The van der Waals surface area contributed by atoms with Crippen LogP contribution >= 0.6 is 0 Å². The molecule has 284 valence electrons. The number of nitrogens with one attached hydrogen (secondary N) is 3. The summed E-state index contributed by atoms with van der Waals surface area (Å²) >= 11 is 0. The fourth-order valence-electron chi connectivity index (χ4n) is 9.34. The third kappa shape index (κ3) is 6.14. The minimum atomic E-state index is -0.308. The molecule has 3 heterocycles. The smallest absolute Gasteiger partial charge is 0.131 e. The normalized spacial score (nSPS) is 17.3. The largest absolute Gasteiger partial charge is 0.387 e. The first-order valence-corrected chi connectivity index (χ1v) is 20.5. The van der Waals surface area contributed by atoms with E-state index in [1.807, 2.05) is 12.3 Å². The second-order valence-electron chi connectivity index (χ2n) is 16.3. The molecular formula is C54H43N5. The van der Waals surface area contributed by atoms with Crippen LogP contribution in [-0.4, -0.2) is 10.8 Å². The lowest BCUT2D eigenvalue weighted by atomic mass is 9.82. The van der Waals surface area contributed by atoms with E-state index < -0.39 is 0 Å². The lowest BCUT2D eigenvalue weighted by Crippen LogP contribution is -2.44. The third-order valence-corrected chi connectivity index (χ3v) is 12.4.